The minimum absolute atomic E-state index is 0.0125. The first-order chi connectivity index (χ1) is 12.1. The van der Waals surface area contributed by atoms with Crippen molar-refractivity contribution in [1.29, 1.82) is 0 Å². The SMILES string of the molecule is COc1ccc2c(=O)c(-c3ccccc3)c(C)oc2c1N(C)CCO. The summed E-state index contributed by atoms with van der Waals surface area (Å²) in [5.74, 6) is 1.15. The van der Waals surface area contributed by atoms with Crippen LogP contribution in [0.2, 0.25) is 0 Å². The van der Waals surface area contributed by atoms with Crippen LogP contribution in [-0.4, -0.2) is 32.4 Å². The van der Waals surface area contributed by atoms with Crippen LogP contribution < -0.4 is 15.1 Å². The van der Waals surface area contributed by atoms with Crippen molar-refractivity contribution in [3.63, 3.8) is 0 Å². The summed E-state index contributed by atoms with van der Waals surface area (Å²) in [6.45, 7) is 2.18. The summed E-state index contributed by atoms with van der Waals surface area (Å²) >= 11 is 0. The Morgan fingerprint density at radius 3 is 2.52 bits per heavy atom. The second-order valence-corrected chi connectivity index (χ2v) is 5.87. The van der Waals surface area contributed by atoms with Crippen LogP contribution in [0.4, 0.5) is 5.69 Å². The molecule has 0 amide bonds. The highest BCUT2D eigenvalue weighted by Gasteiger charge is 2.20. The lowest BCUT2D eigenvalue weighted by Crippen LogP contribution is -2.22. The number of aliphatic hydroxyl groups is 1. The van der Waals surface area contributed by atoms with Crippen LogP contribution in [0.25, 0.3) is 22.1 Å². The molecule has 0 aliphatic heterocycles. The van der Waals surface area contributed by atoms with Crippen molar-refractivity contribution < 1.29 is 14.3 Å². The third-order valence-corrected chi connectivity index (χ3v) is 4.27. The zero-order valence-corrected chi connectivity index (χ0v) is 14.6. The number of rotatable bonds is 5. The molecule has 0 atom stereocenters. The second kappa shape index (κ2) is 6.99. The molecular formula is C20H21NO4. The monoisotopic (exact) mass is 339 g/mol. The number of aryl methyl sites for hydroxylation is 1. The summed E-state index contributed by atoms with van der Waals surface area (Å²) in [4.78, 5) is 14.9. The molecule has 0 radical (unpaired) electrons. The van der Waals surface area contributed by atoms with Gasteiger partial charge in [0.15, 0.2) is 5.58 Å². The van der Waals surface area contributed by atoms with E-state index in [1.54, 1.807) is 26.2 Å². The van der Waals surface area contributed by atoms with Crippen LogP contribution in [0.5, 0.6) is 5.75 Å². The predicted octanol–water partition coefficient (Wildman–Crippen LogP) is 3.21. The zero-order valence-electron chi connectivity index (χ0n) is 14.6. The second-order valence-electron chi connectivity index (χ2n) is 5.87. The van der Waals surface area contributed by atoms with E-state index in [-0.39, 0.29) is 12.0 Å². The highest BCUT2D eigenvalue weighted by Crippen LogP contribution is 2.36. The van der Waals surface area contributed by atoms with Gasteiger partial charge in [-0.1, -0.05) is 30.3 Å². The molecule has 3 rings (SSSR count). The number of anilines is 1. The standard InChI is InChI=1S/C20H21NO4/c1-13-17(14-7-5-4-6-8-14)19(23)15-9-10-16(24-3)18(20(15)25-13)21(2)11-12-22/h4-10,22H,11-12H2,1-3H3. The molecule has 0 aliphatic carbocycles. The Labute approximate surface area is 146 Å². The summed E-state index contributed by atoms with van der Waals surface area (Å²) in [5, 5.41) is 9.75. The third kappa shape index (κ3) is 2.98. The number of methoxy groups -OCH3 is 1. The molecule has 130 valence electrons. The highest BCUT2D eigenvalue weighted by molar-refractivity contribution is 5.94. The molecule has 1 aromatic heterocycles. The molecule has 0 bridgehead atoms. The molecule has 1 heterocycles. The topological polar surface area (TPSA) is 62.9 Å². The van der Waals surface area contributed by atoms with Gasteiger partial charge in [0.2, 0.25) is 5.43 Å². The normalized spacial score (nSPS) is 10.9. The van der Waals surface area contributed by atoms with E-state index in [0.717, 1.165) is 5.56 Å². The molecule has 0 saturated carbocycles. The molecule has 0 aliphatic rings. The fourth-order valence-electron chi connectivity index (χ4n) is 3.06. The third-order valence-electron chi connectivity index (χ3n) is 4.27. The van der Waals surface area contributed by atoms with Gasteiger partial charge in [0.1, 0.15) is 17.2 Å². The smallest absolute Gasteiger partial charge is 0.200 e. The summed E-state index contributed by atoms with van der Waals surface area (Å²) in [6, 6.07) is 13.0. The van der Waals surface area contributed by atoms with E-state index in [1.807, 2.05) is 42.3 Å². The average Bonchev–Trinajstić information content (AvgIpc) is 2.61. The molecule has 0 unspecified atom stereocenters. The van der Waals surface area contributed by atoms with Crippen molar-refractivity contribution in [2.45, 2.75) is 6.92 Å². The lowest BCUT2D eigenvalue weighted by atomic mass is 10.0. The summed E-state index contributed by atoms with van der Waals surface area (Å²) < 4.78 is 11.5. The zero-order chi connectivity index (χ0) is 18.0. The van der Waals surface area contributed by atoms with Crippen LogP contribution in [0, 0.1) is 6.92 Å². The van der Waals surface area contributed by atoms with E-state index in [0.29, 0.717) is 40.3 Å². The molecular weight excluding hydrogens is 318 g/mol. The Morgan fingerprint density at radius 2 is 1.88 bits per heavy atom. The molecule has 2 aromatic carbocycles. The van der Waals surface area contributed by atoms with Gasteiger partial charge in [-0.2, -0.15) is 0 Å². The number of aliphatic hydroxyl groups excluding tert-OH is 1. The van der Waals surface area contributed by atoms with Crippen LogP contribution in [0.3, 0.4) is 0 Å². The number of likely N-dealkylation sites (N-methyl/N-ethyl adjacent to an activating group) is 1. The lowest BCUT2D eigenvalue weighted by Gasteiger charge is -2.22. The number of benzene rings is 2. The Bertz CT molecular complexity index is 947. The maximum atomic E-state index is 13.1. The molecule has 0 fully saturated rings. The van der Waals surface area contributed by atoms with E-state index in [2.05, 4.69) is 0 Å². The average molecular weight is 339 g/mol. The predicted molar refractivity (Wildman–Crippen MR) is 99.6 cm³/mol. The Hall–Kier alpha value is -2.79. The quantitative estimate of drug-likeness (QED) is 0.773. The van der Waals surface area contributed by atoms with Gasteiger partial charge in [-0.15, -0.1) is 0 Å². The van der Waals surface area contributed by atoms with E-state index >= 15 is 0 Å². The molecule has 25 heavy (non-hydrogen) atoms. The maximum absolute atomic E-state index is 13.1. The Kier molecular flexibility index (Phi) is 4.76. The first-order valence-electron chi connectivity index (χ1n) is 8.10. The van der Waals surface area contributed by atoms with E-state index in [4.69, 9.17) is 9.15 Å². The van der Waals surface area contributed by atoms with Crippen LogP contribution in [0.15, 0.2) is 51.7 Å². The first-order valence-corrected chi connectivity index (χ1v) is 8.10. The van der Waals surface area contributed by atoms with Gasteiger partial charge in [0.05, 0.1) is 24.7 Å². The number of fused-ring (bicyclic) bond motifs is 1. The number of ether oxygens (including phenoxy) is 1. The number of nitrogens with zero attached hydrogens (tertiary/aromatic N) is 1. The van der Waals surface area contributed by atoms with Gasteiger partial charge in [-0.3, -0.25) is 4.79 Å². The summed E-state index contributed by atoms with van der Waals surface area (Å²) in [6.07, 6.45) is 0. The van der Waals surface area contributed by atoms with Crippen molar-refractivity contribution >= 4 is 16.7 Å². The van der Waals surface area contributed by atoms with Crippen LogP contribution in [-0.2, 0) is 0 Å². The van der Waals surface area contributed by atoms with Crippen molar-refractivity contribution in [3.05, 3.63) is 58.4 Å². The van der Waals surface area contributed by atoms with Gasteiger partial charge in [0, 0.05) is 13.6 Å². The number of hydrogen-bond donors (Lipinski definition) is 1. The van der Waals surface area contributed by atoms with Crippen LogP contribution >= 0.6 is 0 Å². The van der Waals surface area contributed by atoms with Gasteiger partial charge < -0.3 is 19.2 Å². The minimum atomic E-state index is -0.0775. The van der Waals surface area contributed by atoms with E-state index in [9.17, 15) is 9.90 Å². The van der Waals surface area contributed by atoms with E-state index < -0.39 is 0 Å². The molecule has 3 aromatic rings. The lowest BCUT2D eigenvalue weighted by molar-refractivity contribution is 0.303. The molecule has 5 heteroatoms. The van der Waals surface area contributed by atoms with Gasteiger partial charge in [-0.05, 0) is 24.6 Å². The largest absolute Gasteiger partial charge is 0.494 e. The van der Waals surface area contributed by atoms with Gasteiger partial charge >= 0.3 is 0 Å². The van der Waals surface area contributed by atoms with Gasteiger partial charge in [0.25, 0.3) is 0 Å². The summed E-state index contributed by atoms with van der Waals surface area (Å²) in [7, 11) is 3.40. The maximum Gasteiger partial charge on any atom is 0.200 e. The molecule has 1 N–H and O–H groups in total. The van der Waals surface area contributed by atoms with Crippen molar-refractivity contribution in [2.24, 2.45) is 0 Å². The Balaban J connectivity index is 2.33. The van der Waals surface area contributed by atoms with Crippen molar-refractivity contribution in [2.75, 3.05) is 32.2 Å². The molecule has 0 saturated heterocycles. The van der Waals surface area contributed by atoms with Crippen molar-refractivity contribution in [3.8, 4) is 16.9 Å². The molecule has 5 nitrogen and oxygen atoms in total. The fourth-order valence-corrected chi connectivity index (χ4v) is 3.06. The van der Waals surface area contributed by atoms with Crippen LogP contribution in [0.1, 0.15) is 5.76 Å². The fraction of sp³-hybridized carbons (Fsp3) is 0.250. The van der Waals surface area contributed by atoms with E-state index in [1.165, 1.54) is 0 Å². The first kappa shape index (κ1) is 17.0. The summed E-state index contributed by atoms with van der Waals surface area (Å²) in [5.41, 5.74) is 2.45. The molecule has 0 spiro atoms. The minimum Gasteiger partial charge on any atom is -0.494 e. The Morgan fingerprint density at radius 1 is 1.16 bits per heavy atom. The number of hydrogen-bond acceptors (Lipinski definition) is 5. The highest BCUT2D eigenvalue weighted by atomic mass is 16.5. The van der Waals surface area contributed by atoms with Crippen molar-refractivity contribution in [1.82, 2.24) is 0 Å². The van der Waals surface area contributed by atoms with Gasteiger partial charge in [-0.25, -0.2) is 0 Å².